The van der Waals surface area contributed by atoms with E-state index in [1.807, 2.05) is 0 Å². The van der Waals surface area contributed by atoms with Gasteiger partial charge in [0.05, 0.1) is 19.8 Å². The average Bonchev–Trinajstić information content (AvgIpc) is 2.62. The lowest BCUT2D eigenvalue weighted by Crippen LogP contribution is -2.16. The summed E-state index contributed by atoms with van der Waals surface area (Å²) in [5.74, 6) is 0.0279. The van der Waals surface area contributed by atoms with Crippen LogP contribution in [0.4, 0.5) is 4.79 Å². The highest BCUT2D eigenvalue weighted by Crippen LogP contribution is 2.18. The van der Waals surface area contributed by atoms with Crippen LogP contribution in [-0.2, 0) is 15.9 Å². The molecule has 0 aliphatic rings. The third kappa shape index (κ3) is 5.30. The van der Waals surface area contributed by atoms with Gasteiger partial charge in [0.1, 0.15) is 11.5 Å². The fourth-order valence-electron chi connectivity index (χ4n) is 1.98. The molecule has 138 valence electrons. The first-order chi connectivity index (χ1) is 12.5. The van der Waals surface area contributed by atoms with Gasteiger partial charge in [-0.3, -0.25) is 9.78 Å². The highest BCUT2D eigenvalue weighted by atomic mass is 16.8. The van der Waals surface area contributed by atoms with Crippen LogP contribution in [0.5, 0.6) is 11.8 Å². The second-order valence-electron chi connectivity index (χ2n) is 4.81. The molecule has 2 aromatic rings. The molecule has 0 spiro atoms. The molecule has 10 nitrogen and oxygen atoms in total. The number of amides is 1. The van der Waals surface area contributed by atoms with E-state index in [9.17, 15) is 9.59 Å². The Morgan fingerprint density at radius 2 is 1.96 bits per heavy atom. The Labute approximate surface area is 149 Å². The molecule has 26 heavy (non-hydrogen) atoms. The number of rotatable bonds is 8. The summed E-state index contributed by atoms with van der Waals surface area (Å²) in [6, 6.07) is 4.79. The van der Waals surface area contributed by atoms with Crippen molar-refractivity contribution in [1.29, 1.82) is 0 Å². The Kier molecular flexibility index (Phi) is 6.66. The van der Waals surface area contributed by atoms with E-state index >= 15 is 0 Å². The zero-order chi connectivity index (χ0) is 18.9. The lowest BCUT2D eigenvalue weighted by Gasteiger charge is -2.10. The van der Waals surface area contributed by atoms with Gasteiger partial charge in [0.15, 0.2) is 0 Å². The Balaban J connectivity index is 2.14. The van der Waals surface area contributed by atoms with Gasteiger partial charge in [0.25, 0.3) is 5.91 Å². The van der Waals surface area contributed by atoms with Crippen molar-refractivity contribution in [3.63, 3.8) is 0 Å². The number of aromatic nitrogens is 3. The van der Waals surface area contributed by atoms with E-state index in [-0.39, 0.29) is 30.5 Å². The van der Waals surface area contributed by atoms with Crippen LogP contribution in [0.3, 0.4) is 0 Å². The number of ether oxygens (including phenoxy) is 4. The van der Waals surface area contributed by atoms with Gasteiger partial charge in [-0.15, -0.1) is 0 Å². The predicted molar refractivity (Wildman–Crippen MR) is 87.7 cm³/mol. The van der Waals surface area contributed by atoms with Crippen molar-refractivity contribution < 1.29 is 28.5 Å². The van der Waals surface area contributed by atoms with Crippen LogP contribution in [0.15, 0.2) is 24.4 Å². The van der Waals surface area contributed by atoms with Gasteiger partial charge in [-0.05, 0) is 18.6 Å². The van der Waals surface area contributed by atoms with E-state index in [0.717, 1.165) is 0 Å². The minimum Gasteiger partial charge on any atom is -0.481 e. The number of pyridine rings is 1. The Bertz CT molecular complexity index is 783. The quantitative estimate of drug-likeness (QED) is 0.540. The zero-order valence-corrected chi connectivity index (χ0v) is 14.3. The first kappa shape index (κ1) is 18.9. The SMILES string of the molecule is CCOC(=O)OCOc1cc(OC)nc(Cc2cccnc2C(N)=O)n1. The molecular weight excluding hydrogens is 344 g/mol. The first-order valence-electron chi connectivity index (χ1n) is 7.61. The molecule has 2 aromatic heterocycles. The summed E-state index contributed by atoms with van der Waals surface area (Å²) in [4.78, 5) is 35.0. The molecule has 1 amide bonds. The van der Waals surface area contributed by atoms with Crippen LogP contribution in [0, 0.1) is 0 Å². The second kappa shape index (κ2) is 9.16. The number of hydrogen-bond acceptors (Lipinski definition) is 9. The molecule has 0 fully saturated rings. The normalized spacial score (nSPS) is 10.1. The minimum absolute atomic E-state index is 0.126. The van der Waals surface area contributed by atoms with Crippen LogP contribution in [0.1, 0.15) is 28.8 Å². The Hall–Kier alpha value is -3.43. The molecule has 0 aliphatic heterocycles. The summed E-state index contributed by atoms with van der Waals surface area (Å²) >= 11 is 0. The second-order valence-corrected chi connectivity index (χ2v) is 4.81. The summed E-state index contributed by atoms with van der Waals surface area (Å²) in [6.07, 6.45) is 0.797. The summed E-state index contributed by atoms with van der Waals surface area (Å²) in [6.45, 7) is 1.46. The van der Waals surface area contributed by atoms with Crippen molar-refractivity contribution in [2.45, 2.75) is 13.3 Å². The maximum absolute atomic E-state index is 11.5. The standard InChI is InChI=1S/C16H18N4O6/c1-3-24-16(22)26-9-25-13-8-12(23-2)19-11(20-13)7-10-5-4-6-18-14(10)15(17)21/h4-6,8H,3,7,9H2,1-2H3,(H2,17,21). The number of nitrogens with two attached hydrogens (primary N) is 1. The van der Waals surface area contributed by atoms with Gasteiger partial charge in [-0.2, -0.15) is 9.97 Å². The van der Waals surface area contributed by atoms with Gasteiger partial charge in [-0.25, -0.2) is 4.79 Å². The van der Waals surface area contributed by atoms with Gasteiger partial charge in [0, 0.05) is 12.6 Å². The molecule has 0 radical (unpaired) electrons. The molecule has 0 saturated carbocycles. The van der Waals surface area contributed by atoms with Crippen molar-refractivity contribution in [1.82, 2.24) is 15.0 Å². The largest absolute Gasteiger partial charge is 0.511 e. The molecule has 0 aliphatic carbocycles. The van der Waals surface area contributed by atoms with Gasteiger partial charge in [-0.1, -0.05) is 6.07 Å². The van der Waals surface area contributed by atoms with E-state index in [4.69, 9.17) is 19.9 Å². The Morgan fingerprint density at radius 3 is 2.65 bits per heavy atom. The number of methoxy groups -OCH3 is 1. The van der Waals surface area contributed by atoms with Crippen LogP contribution in [0.25, 0.3) is 0 Å². The van der Waals surface area contributed by atoms with Gasteiger partial charge in [0.2, 0.25) is 18.6 Å². The molecule has 0 atom stereocenters. The number of primary amides is 1. The number of carbonyl (C=O) groups is 2. The van der Waals surface area contributed by atoms with E-state index in [2.05, 4.69) is 19.7 Å². The first-order valence-corrected chi connectivity index (χ1v) is 7.61. The van der Waals surface area contributed by atoms with Crippen molar-refractivity contribution in [3.05, 3.63) is 41.5 Å². The maximum Gasteiger partial charge on any atom is 0.511 e. The zero-order valence-electron chi connectivity index (χ0n) is 14.3. The number of hydrogen-bond donors (Lipinski definition) is 1. The lowest BCUT2D eigenvalue weighted by molar-refractivity contribution is 0.00514. The predicted octanol–water partition coefficient (Wildman–Crippen LogP) is 1.08. The summed E-state index contributed by atoms with van der Waals surface area (Å²) in [5, 5.41) is 0. The minimum atomic E-state index is -0.852. The van der Waals surface area contributed by atoms with Crippen molar-refractivity contribution in [2.24, 2.45) is 5.73 Å². The fourth-order valence-corrected chi connectivity index (χ4v) is 1.98. The summed E-state index contributed by atoms with van der Waals surface area (Å²) in [5.41, 5.74) is 6.01. The molecule has 2 heterocycles. The monoisotopic (exact) mass is 362 g/mol. The third-order valence-corrected chi connectivity index (χ3v) is 3.05. The van der Waals surface area contributed by atoms with E-state index in [1.165, 1.54) is 19.4 Å². The fraction of sp³-hybridized carbons (Fsp3) is 0.312. The topological polar surface area (TPSA) is 136 Å². The van der Waals surface area contributed by atoms with Crippen molar-refractivity contribution in [3.8, 4) is 11.8 Å². The summed E-state index contributed by atoms with van der Waals surface area (Å²) in [7, 11) is 1.43. The van der Waals surface area contributed by atoms with Crippen LogP contribution < -0.4 is 15.2 Å². The van der Waals surface area contributed by atoms with E-state index in [1.54, 1.807) is 19.1 Å². The average molecular weight is 362 g/mol. The number of nitrogens with zero attached hydrogens (tertiary/aromatic N) is 3. The lowest BCUT2D eigenvalue weighted by atomic mass is 10.1. The summed E-state index contributed by atoms with van der Waals surface area (Å²) < 4.78 is 19.7. The van der Waals surface area contributed by atoms with E-state index < -0.39 is 18.9 Å². The molecular formula is C16H18N4O6. The molecule has 2 N–H and O–H groups in total. The molecule has 0 unspecified atom stereocenters. The van der Waals surface area contributed by atoms with Gasteiger partial charge < -0.3 is 24.7 Å². The molecule has 0 aromatic carbocycles. The maximum atomic E-state index is 11.5. The molecule has 0 saturated heterocycles. The molecule has 10 heteroatoms. The highest BCUT2D eigenvalue weighted by molar-refractivity contribution is 5.92. The molecule has 0 bridgehead atoms. The van der Waals surface area contributed by atoms with Crippen molar-refractivity contribution >= 4 is 12.1 Å². The smallest absolute Gasteiger partial charge is 0.481 e. The van der Waals surface area contributed by atoms with E-state index in [0.29, 0.717) is 11.4 Å². The Morgan fingerprint density at radius 1 is 1.19 bits per heavy atom. The van der Waals surface area contributed by atoms with Crippen LogP contribution in [0.2, 0.25) is 0 Å². The molecule has 2 rings (SSSR count). The number of carbonyl (C=O) groups excluding carboxylic acids is 2. The highest BCUT2D eigenvalue weighted by Gasteiger charge is 2.13. The van der Waals surface area contributed by atoms with Gasteiger partial charge >= 0.3 is 6.16 Å². The third-order valence-electron chi connectivity index (χ3n) is 3.05. The van der Waals surface area contributed by atoms with Crippen molar-refractivity contribution in [2.75, 3.05) is 20.5 Å². The van der Waals surface area contributed by atoms with Crippen LogP contribution >= 0.6 is 0 Å². The van der Waals surface area contributed by atoms with Crippen LogP contribution in [-0.4, -0.2) is 47.5 Å².